The fourth-order valence-electron chi connectivity index (χ4n) is 1.88. The minimum atomic E-state index is 0.00525. The van der Waals surface area contributed by atoms with Gasteiger partial charge in [-0.1, -0.05) is 12.1 Å². The molecule has 0 aliphatic carbocycles. The Bertz CT molecular complexity index is 586. The zero-order valence-corrected chi connectivity index (χ0v) is 12.1. The Morgan fingerprint density at radius 3 is 3.00 bits per heavy atom. The van der Waals surface area contributed by atoms with Crippen LogP contribution in [-0.2, 0) is 4.79 Å². The number of carbonyl (C=O) groups is 1. The van der Waals surface area contributed by atoms with Crippen LogP contribution in [-0.4, -0.2) is 17.4 Å². The number of hydrogen-bond donors (Lipinski definition) is 2. The van der Waals surface area contributed by atoms with Gasteiger partial charge in [0.05, 0.1) is 11.2 Å². The standard InChI is InChI=1S/C14H16BrN3O/c15-11-8-10-4-3-5-12(14(10)17-9-11)18-13(19)6-1-2-7-16/h3-5,8-9H,1-2,6-7,16H2,(H,18,19). The molecule has 1 heterocycles. The monoisotopic (exact) mass is 321 g/mol. The third kappa shape index (κ3) is 3.75. The summed E-state index contributed by atoms with van der Waals surface area (Å²) in [5.41, 5.74) is 6.97. The Morgan fingerprint density at radius 1 is 1.37 bits per heavy atom. The molecule has 1 aromatic carbocycles. The van der Waals surface area contributed by atoms with Gasteiger partial charge in [0.25, 0.3) is 0 Å². The number of fused-ring (bicyclic) bond motifs is 1. The topological polar surface area (TPSA) is 68.0 Å². The summed E-state index contributed by atoms with van der Waals surface area (Å²) >= 11 is 3.39. The van der Waals surface area contributed by atoms with E-state index in [2.05, 4.69) is 26.2 Å². The summed E-state index contributed by atoms with van der Waals surface area (Å²) in [4.78, 5) is 16.2. The van der Waals surface area contributed by atoms with Crippen LogP contribution in [0.15, 0.2) is 34.9 Å². The number of halogens is 1. The van der Waals surface area contributed by atoms with Crippen molar-refractivity contribution in [3.63, 3.8) is 0 Å². The van der Waals surface area contributed by atoms with Crippen LogP contribution in [0.3, 0.4) is 0 Å². The normalized spacial score (nSPS) is 10.6. The zero-order chi connectivity index (χ0) is 13.7. The number of pyridine rings is 1. The second kappa shape index (κ2) is 6.63. The largest absolute Gasteiger partial charge is 0.330 e. The van der Waals surface area contributed by atoms with Crippen molar-refractivity contribution in [1.82, 2.24) is 4.98 Å². The molecule has 0 saturated heterocycles. The number of carbonyl (C=O) groups excluding carboxylic acids is 1. The van der Waals surface area contributed by atoms with Gasteiger partial charge in [-0.2, -0.15) is 0 Å². The first kappa shape index (κ1) is 14.0. The first-order valence-electron chi connectivity index (χ1n) is 6.25. The molecule has 1 amide bonds. The summed E-state index contributed by atoms with van der Waals surface area (Å²) in [6.45, 7) is 0.622. The summed E-state index contributed by atoms with van der Waals surface area (Å²) in [5, 5.41) is 3.90. The maximum absolute atomic E-state index is 11.8. The van der Waals surface area contributed by atoms with Gasteiger partial charge in [-0.15, -0.1) is 0 Å². The maximum atomic E-state index is 11.8. The van der Waals surface area contributed by atoms with Crippen LogP contribution in [0, 0.1) is 0 Å². The molecular weight excluding hydrogens is 306 g/mol. The Morgan fingerprint density at radius 2 is 2.21 bits per heavy atom. The quantitative estimate of drug-likeness (QED) is 0.831. The maximum Gasteiger partial charge on any atom is 0.224 e. The van der Waals surface area contributed by atoms with Crippen LogP contribution in [0.5, 0.6) is 0 Å². The van der Waals surface area contributed by atoms with Crippen LogP contribution in [0.25, 0.3) is 10.9 Å². The van der Waals surface area contributed by atoms with E-state index >= 15 is 0 Å². The molecule has 0 saturated carbocycles. The highest BCUT2D eigenvalue weighted by Crippen LogP contribution is 2.24. The van der Waals surface area contributed by atoms with Gasteiger partial charge in [0.1, 0.15) is 0 Å². The Hall–Kier alpha value is -1.46. The van der Waals surface area contributed by atoms with Crippen LogP contribution in [0.4, 0.5) is 5.69 Å². The average molecular weight is 322 g/mol. The number of nitrogens with one attached hydrogen (secondary N) is 1. The molecular formula is C14H16BrN3O. The molecule has 100 valence electrons. The number of aromatic nitrogens is 1. The number of benzene rings is 1. The molecule has 19 heavy (non-hydrogen) atoms. The SMILES string of the molecule is NCCCCC(=O)Nc1cccc2cc(Br)cnc12. The van der Waals surface area contributed by atoms with Gasteiger partial charge in [-0.05, 0) is 47.4 Å². The van der Waals surface area contributed by atoms with E-state index in [0.29, 0.717) is 13.0 Å². The third-order valence-electron chi connectivity index (χ3n) is 2.81. The number of nitrogens with zero attached hydrogens (tertiary/aromatic N) is 1. The highest BCUT2D eigenvalue weighted by Gasteiger charge is 2.06. The smallest absolute Gasteiger partial charge is 0.224 e. The number of nitrogens with two attached hydrogens (primary N) is 1. The summed E-state index contributed by atoms with van der Waals surface area (Å²) in [7, 11) is 0. The molecule has 0 spiro atoms. The lowest BCUT2D eigenvalue weighted by atomic mass is 10.2. The van der Waals surface area contributed by atoms with Crippen molar-refractivity contribution >= 4 is 38.4 Å². The van der Waals surface area contributed by atoms with Crippen LogP contribution < -0.4 is 11.1 Å². The highest BCUT2D eigenvalue weighted by atomic mass is 79.9. The minimum absolute atomic E-state index is 0.00525. The molecule has 0 aliphatic rings. The third-order valence-corrected chi connectivity index (χ3v) is 3.24. The minimum Gasteiger partial charge on any atom is -0.330 e. The fourth-order valence-corrected chi connectivity index (χ4v) is 2.23. The van der Waals surface area contributed by atoms with E-state index in [0.717, 1.165) is 33.9 Å². The van der Waals surface area contributed by atoms with Crippen molar-refractivity contribution < 1.29 is 4.79 Å². The molecule has 0 unspecified atom stereocenters. The van der Waals surface area contributed by atoms with Crippen molar-refractivity contribution in [2.24, 2.45) is 5.73 Å². The molecule has 5 heteroatoms. The van der Waals surface area contributed by atoms with Gasteiger partial charge in [-0.25, -0.2) is 0 Å². The van der Waals surface area contributed by atoms with E-state index < -0.39 is 0 Å². The molecule has 4 nitrogen and oxygen atoms in total. The van der Waals surface area contributed by atoms with Crippen molar-refractivity contribution in [3.8, 4) is 0 Å². The zero-order valence-electron chi connectivity index (χ0n) is 10.5. The van der Waals surface area contributed by atoms with Crippen LogP contribution in [0.1, 0.15) is 19.3 Å². The first-order valence-corrected chi connectivity index (χ1v) is 7.04. The van der Waals surface area contributed by atoms with E-state index in [-0.39, 0.29) is 5.91 Å². The Labute approximate surface area is 120 Å². The lowest BCUT2D eigenvalue weighted by molar-refractivity contribution is -0.116. The van der Waals surface area contributed by atoms with Gasteiger partial charge in [0.15, 0.2) is 0 Å². The number of para-hydroxylation sites is 1. The highest BCUT2D eigenvalue weighted by molar-refractivity contribution is 9.10. The number of unbranched alkanes of at least 4 members (excludes halogenated alkanes) is 1. The van der Waals surface area contributed by atoms with E-state index in [1.807, 2.05) is 24.3 Å². The van der Waals surface area contributed by atoms with E-state index in [4.69, 9.17) is 5.73 Å². The molecule has 3 N–H and O–H groups in total. The van der Waals surface area contributed by atoms with E-state index in [9.17, 15) is 4.79 Å². The van der Waals surface area contributed by atoms with Gasteiger partial charge in [0.2, 0.25) is 5.91 Å². The van der Waals surface area contributed by atoms with Crippen molar-refractivity contribution in [2.75, 3.05) is 11.9 Å². The first-order chi connectivity index (χ1) is 9.20. The van der Waals surface area contributed by atoms with Gasteiger partial charge >= 0.3 is 0 Å². The summed E-state index contributed by atoms with van der Waals surface area (Å²) in [6.07, 6.45) is 3.90. The Kier molecular flexibility index (Phi) is 4.87. The summed E-state index contributed by atoms with van der Waals surface area (Å²) < 4.78 is 0.923. The number of rotatable bonds is 5. The fraction of sp³-hybridized carbons (Fsp3) is 0.286. The number of amides is 1. The molecule has 2 rings (SSSR count). The molecule has 0 aliphatic heterocycles. The van der Waals surface area contributed by atoms with E-state index in [1.54, 1.807) is 6.20 Å². The summed E-state index contributed by atoms with van der Waals surface area (Å²) in [6, 6.07) is 7.72. The second-order valence-corrected chi connectivity index (χ2v) is 5.24. The predicted octanol–water partition coefficient (Wildman–Crippen LogP) is 3.06. The molecule has 0 bridgehead atoms. The molecule has 0 radical (unpaired) electrons. The second-order valence-electron chi connectivity index (χ2n) is 4.32. The van der Waals surface area contributed by atoms with Gasteiger partial charge in [0, 0.05) is 22.5 Å². The van der Waals surface area contributed by atoms with Crippen molar-refractivity contribution in [1.29, 1.82) is 0 Å². The molecule has 0 fully saturated rings. The lowest BCUT2D eigenvalue weighted by Crippen LogP contribution is -2.12. The van der Waals surface area contributed by atoms with Crippen LogP contribution >= 0.6 is 15.9 Å². The average Bonchev–Trinajstić information content (AvgIpc) is 2.39. The van der Waals surface area contributed by atoms with Crippen molar-refractivity contribution in [2.45, 2.75) is 19.3 Å². The molecule has 1 aromatic heterocycles. The van der Waals surface area contributed by atoms with Crippen LogP contribution in [0.2, 0.25) is 0 Å². The molecule has 2 aromatic rings. The van der Waals surface area contributed by atoms with Gasteiger partial charge < -0.3 is 11.1 Å². The predicted molar refractivity (Wildman–Crippen MR) is 81.0 cm³/mol. The van der Waals surface area contributed by atoms with Gasteiger partial charge in [-0.3, -0.25) is 9.78 Å². The summed E-state index contributed by atoms with van der Waals surface area (Å²) in [5.74, 6) is 0.00525. The van der Waals surface area contributed by atoms with E-state index in [1.165, 1.54) is 0 Å². The lowest BCUT2D eigenvalue weighted by Gasteiger charge is -2.08. The van der Waals surface area contributed by atoms with Crippen molar-refractivity contribution in [3.05, 3.63) is 34.9 Å². The number of anilines is 1. The Balaban J connectivity index is 2.14. The number of hydrogen-bond acceptors (Lipinski definition) is 3. The molecule has 0 atom stereocenters.